The summed E-state index contributed by atoms with van der Waals surface area (Å²) in [5.74, 6) is -1.93. The minimum atomic E-state index is -1.27. The number of carbonyl (C=O) groups excluding carboxylic acids is 1. The number of oxazole rings is 1. The third kappa shape index (κ3) is 4.41. The molecule has 3 N–H and O–H groups in total. The van der Waals surface area contributed by atoms with E-state index < -0.39 is 11.8 Å². The van der Waals surface area contributed by atoms with Gasteiger partial charge in [0.1, 0.15) is 16.8 Å². The van der Waals surface area contributed by atoms with Gasteiger partial charge in [0.05, 0.1) is 24.3 Å². The number of fused-ring (bicyclic) bond motifs is 1. The number of rotatable bonds is 6. The lowest BCUT2D eigenvalue weighted by Crippen LogP contribution is -2.54. The second kappa shape index (κ2) is 9.37. The molecule has 0 aliphatic carbocycles. The van der Waals surface area contributed by atoms with Crippen molar-refractivity contribution in [3.63, 3.8) is 0 Å². The summed E-state index contributed by atoms with van der Waals surface area (Å²) in [6.45, 7) is 6.14. The molecular weight excluding hydrogens is 464 g/mol. The second-order valence-electron chi connectivity index (χ2n) is 10.3. The number of ether oxygens (including phenoxy) is 2. The Balaban J connectivity index is 1.35. The Labute approximate surface area is 208 Å². The summed E-state index contributed by atoms with van der Waals surface area (Å²) in [6.07, 6.45) is 4.81. The fourth-order valence-corrected chi connectivity index (χ4v) is 5.61. The van der Waals surface area contributed by atoms with Crippen LogP contribution in [0.4, 0.5) is 0 Å². The molecule has 2 fully saturated rings. The molecule has 1 aromatic carbocycles. The molecule has 0 amide bonds. The molecule has 0 radical (unpaired) electrons. The van der Waals surface area contributed by atoms with E-state index in [1.54, 1.807) is 12.3 Å². The number of phenols is 1. The smallest absolute Gasteiger partial charge is 0.341 e. The summed E-state index contributed by atoms with van der Waals surface area (Å²) in [6, 6.07) is 6.41. The zero-order valence-corrected chi connectivity index (χ0v) is 20.7. The number of hydrogen-bond donors (Lipinski definition) is 3. The van der Waals surface area contributed by atoms with Gasteiger partial charge in [-0.2, -0.15) is 0 Å². The Morgan fingerprint density at radius 2 is 1.92 bits per heavy atom. The van der Waals surface area contributed by atoms with Crippen molar-refractivity contribution in [1.29, 1.82) is 0 Å². The molecule has 36 heavy (non-hydrogen) atoms. The van der Waals surface area contributed by atoms with Crippen LogP contribution in [0.3, 0.4) is 0 Å². The predicted molar refractivity (Wildman–Crippen MR) is 130 cm³/mol. The van der Waals surface area contributed by atoms with Crippen LogP contribution in [0, 0.1) is 17.8 Å². The zero-order valence-electron chi connectivity index (χ0n) is 20.7. The molecule has 2 aromatic heterocycles. The van der Waals surface area contributed by atoms with Crippen molar-refractivity contribution in [1.82, 2.24) is 9.97 Å². The van der Waals surface area contributed by atoms with Gasteiger partial charge in [-0.15, -0.1) is 0 Å². The van der Waals surface area contributed by atoms with Crippen molar-refractivity contribution in [3.8, 4) is 5.75 Å². The van der Waals surface area contributed by atoms with Crippen molar-refractivity contribution in [2.45, 2.75) is 70.9 Å². The number of carboxylic acids is 1. The predicted octanol–water partition coefficient (Wildman–Crippen LogP) is 4.95. The van der Waals surface area contributed by atoms with Crippen LogP contribution in [0.15, 0.2) is 34.9 Å². The fourth-order valence-electron chi connectivity index (χ4n) is 5.61. The molecule has 2 aliphatic rings. The maximum atomic E-state index is 13.0. The first kappa shape index (κ1) is 24.5. The largest absolute Gasteiger partial charge is 0.507 e. The standard InChI is InChI=1S/C27H32N2O7/c1-14-8-10-27(11-9-15(2)25(36-27)16(3)24(31)17-5-4-12-28-17)35-20(14)13-21-29-23-19(34-21)7-6-18(30)22(23)26(32)33/h4-7,12,14-16,20,25,28,30H,8-11,13H2,1-3H3,(H,32,33). The first-order valence-electron chi connectivity index (χ1n) is 12.6. The lowest BCUT2D eigenvalue weighted by molar-refractivity contribution is -0.334. The molecule has 4 heterocycles. The minimum absolute atomic E-state index is 0.0265. The maximum Gasteiger partial charge on any atom is 0.341 e. The molecule has 9 heteroatoms. The highest BCUT2D eigenvalue weighted by Gasteiger charge is 2.49. The summed E-state index contributed by atoms with van der Waals surface area (Å²) < 4.78 is 19.1. The van der Waals surface area contributed by atoms with Crippen LogP contribution in [0.5, 0.6) is 5.75 Å². The molecule has 2 saturated heterocycles. The highest BCUT2D eigenvalue weighted by molar-refractivity contribution is 6.03. The molecule has 0 saturated carbocycles. The van der Waals surface area contributed by atoms with Crippen molar-refractivity contribution < 1.29 is 33.7 Å². The van der Waals surface area contributed by atoms with Gasteiger partial charge in [-0.3, -0.25) is 4.79 Å². The number of nitrogens with zero attached hydrogens (tertiary/aromatic N) is 1. The highest BCUT2D eigenvalue weighted by Crippen LogP contribution is 2.45. The van der Waals surface area contributed by atoms with E-state index in [0.29, 0.717) is 23.6 Å². The average molecular weight is 497 g/mol. The molecule has 6 atom stereocenters. The Kier molecular flexibility index (Phi) is 6.38. The van der Waals surface area contributed by atoms with Crippen molar-refractivity contribution in [2.75, 3.05) is 0 Å². The van der Waals surface area contributed by atoms with E-state index in [2.05, 4.69) is 23.8 Å². The van der Waals surface area contributed by atoms with Gasteiger partial charge in [0.2, 0.25) is 0 Å². The summed E-state index contributed by atoms with van der Waals surface area (Å²) >= 11 is 0. The SMILES string of the molecule is CC1CCC2(CCC(C)C(C(C)C(=O)c3ccc[nH]3)O2)OC1Cc1nc2c(C(=O)O)c(O)ccc2o1. The number of nitrogens with one attached hydrogen (secondary N) is 1. The van der Waals surface area contributed by atoms with Crippen molar-refractivity contribution in [2.24, 2.45) is 17.8 Å². The zero-order chi connectivity index (χ0) is 25.6. The quantitative estimate of drug-likeness (QED) is 0.408. The van der Waals surface area contributed by atoms with Crippen LogP contribution in [0.25, 0.3) is 11.1 Å². The van der Waals surface area contributed by atoms with Gasteiger partial charge in [-0.05, 0) is 48.9 Å². The van der Waals surface area contributed by atoms with Crippen LogP contribution in [0.2, 0.25) is 0 Å². The number of aromatic amines is 1. The summed E-state index contributed by atoms with van der Waals surface area (Å²) in [7, 11) is 0. The van der Waals surface area contributed by atoms with Gasteiger partial charge in [-0.1, -0.05) is 20.8 Å². The number of aromatic hydroxyl groups is 1. The molecule has 1 spiro atoms. The lowest BCUT2D eigenvalue weighted by Gasteiger charge is -2.50. The summed E-state index contributed by atoms with van der Waals surface area (Å²) in [4.78, 5) is 32.0. The Bertz CT molecular complexity index is 1260. The van der Waals surface area contributed by atoms with Crippen molar-refractivity contribution in [3.05, 3.63) is 47.6 Å². The topological polar surface area (TPSA) is 135 Å². The van der Waals surface area contributed by atoms with E-state index >= 15 is 0 Å². The van der Waals surface area contributed by atoms with E-state index in [-0.39, 0.29) is 52.6 Å². The van der Waals surface area contributed by atoms with E-state index in [4.69, 9.17) is 13.9 Å². The molecule has 9 nitrogen and oxygen atoms in total. The number of carboxylic acid groups (broad SMARTS) is 1. The summed E-state index contributed by atoms with van der Waals surface area (Å²) in [5, 5.41) is 19.5. The number of aromatic carboxylic acids is 1. The van der Waals surface area contributed by atoms with Crippen LogP contribution >= 0.6 is 0 Å². The minimum Gasteiger partial charge on any atom is -0.507 e. The fraction of sp³-hybridized carbons (Fsp3) is 0.519. The Morgan fingerprint density at radius 3 is 2.61 bits per heavy atom. The molecule has 0 bridgehead atoms. The van der Waals surface area contributed by atoms with Gasteiger partial charge >= 0.3 is 5.97 Å². The van der Waals surface area contributed by atoms with E-state index in [1.807, 2.05) is 13.0 Å². The Hall–Kier alpha value is -3.17. The molecular formula is C27H32N2O7. The van der Waals surface area contributed by atoms with Gasteiger partial charge in [-0.25, -0.2) is 9.78 Å². The first-order valence-corrected chi connectivity index (χ1v) is 12.6. The summed E-state index contributed by atoms with van der Waals surface area (Å²) in [5.41, 5.74) is 0.731. The number of Topliss-reactive ketones (excluding diaryl/α,β-unsaturated/α-hetero) is 1. The first-order chi connectivity index (χ1) is 17.2. The molecule has 5 rings (SSSR count). The second-order valence-corrected chi connectivity index (χ2v) is 10.3. The van der Waals surface area contributed by atoms with E-state index in [1.165, 1.54) is 12.1 Å². The van der Waals surface area contributed by atoms with Crippen LogP contribution in [0.1, 0.15) is 73.2 Å². The van der Waals surface area contributed by atoms with Crippen LogP contribution in [-0.2, 0) is 15.9 Å². The number of H-pyrrole nitrogens is 1. The molecule has 3 aromatic rings. The molecule has 6 unspecified atom stereocenters. The van der Waals surface area contributed by atoms with Gasteiger partial charge in [0, 0.05) is 25.0 Å². The number of carbonyl (C=O) groups is 2. The Morgan fingerprint density at radius 1 is 1.17 bits per heavy atom. The highest BCUT2D eigenvalue weighted by atomic mass is 16.7. The van der Waals surface area contributed by atoms with Crippen molar-refractivity contribution >= 4 is 22.9 Å². The van der Waals surface area contributed by atoms with E-state index in [9.17, 15) is 19.8 Å². The van der Waals surface area contributed by atoms with Crippen LogP contribution < -0.4 is 0 Å². The number of hydrogen-bond acceptors (Lipinski definition) is 7. The molecule has 2 aliphatic heterocycles. The number of ketones is 1. The number of aromatic nitrogens is 2. The monoisotopic (exact) mass is 496 g/mol. The van der Waals surface area contributed by atoms with Gasteiger partial charge in [0.25, 0.3) is 0 Å². The third-order valence-electron chi connectivity index (χ3n) is 7.82. The van der Waals surface area contributed by atoms with E-state index in [0.717, 1.165) is 25.7 Å². The average Bonchev–Trinajstić information content (AvgIpc) is 3.52. The third-order valence-corrected chi connectivity index (χ3v) is 7.82. The van der Waals surface area contributed by atoms with Crippen LogP contribution in [-0.4, -0.2) is 49.9 Å². The molecule has 192 valence electrons. The number of benzene rings is 1. The normalized spacial score (nSPS) is 29.4. The maximum absolute atomic E-state index is 13.0. The van der Waals surface area contributed by atoms with Gasteiger partial charge < -0.3 is 29.1 Å². The lowest BCUT2D eigenvalue weighted by atomic mass is 9.80. The van der Waals surface area contributed by atoms with Gasteiger partial charge in [0.15, 0.2) is 23.0 Å².